The Bertz CT molecular complexity index is 627. The number of aryl methyl sites for hydroxylation is 1. The SMILES string of the molecule is C=C(/C=N\N(C)C)c1cn2nc(C)cc2c(O)n1. The number of allylic oxidation sites excluding steroid dienone is 1. The third-order valence-electron chi connectivity index (χ3n) is 2.33. The van der Waals surface area contributed by atoms with Crippen molar-refractivity contribution in [3.63, 3.8) is 0 Å². The first-order valence-corrected chi connectivity index (χ1v) is 5.44. The van der Waals surface area contributed by atoms with Crippen LogP contribution < -0.4 is 0 Å². The van der Waals surface area contributed by atoms with Crippen LogP contribution >= 0.6 is 0 Å². The van der Waals surface area contributed by atoms with Crippen molar-refractivity contribution in [3.8, 4) is 5.88 Å². The normalized spacial score (nSPS) is 11.3. The number of hydrogen-bond acceptors (Lipinski definition) is 5. The summed E-state index contributed by atoms with van der Waals surface area (Å²) in [5, 5.41) is 19.8. The van der Waals surface area contributed by atoms with E-state index in [1.165, 1.54) is 0 Å². The quantitative estimate of drug-likeness (QED) is 0.654. The summed E-state index contributed by atoms with van der Waals surface area (Å²) in [4.78, 5) is 4.08. The van der Waals surface area contributed by atoms with Gasteiger partial charge in [-0.2, -0.15) is 10.2 Å². The standard InChI is InChI=1S/C12H15N5O/c1-8(6-13-16(3)4)10-7-17-11(12(18)14-10)5-9(2)15-17/h5-7H,1H2,2-4H3,(H,14,18)/b13-6-. The van der Waals surface area contributed by atoms with E-state index >= 15 is 0 Å². The van der Waals surface area contributed by atoms with Crippen LogP contribution in [0.3, 0.4) is 0 Å². The van der Waals surface area contributed by atoms with Gasteiger partial charge in [0.25, 0.3) is 0 Å². The molecule has 0 radical (unpaired) electrons. The highest BCUT2D eigenvalue weighted by molar-refractivity contribution is 6.07. The van der Waals surface area contributed by atoms with Gasteiger partial charge in [-0.15, -0.1) is 0 Å². The van der Waals surface area contributed by atoms with Crippen molar-refractivity contribution >= 4 is 17.3 Å². The number of aromatic hydroxyl groups is 1. The Morgan fingerprint density at radius 2 is 2.28 bits per heavy atom. The van der Waals surface area contributed by atoms with E-state index in [1.807, 2.05) is 21.0 Å². The van der Waals surface area contributed by atoms with Crippen LogP contribution in [0.1, 0.15) is 11.4 Å². The predicted molar refractivity (Wildman–Crippen MR) is 70.6 cm³/mol. The summed E-state index contributed by atoms with van der Waals surface area (Å²) in [7, 11) is 3.63. The lowest BCUT2D eigenvalue weighted by atomic mass is 10.2. The summed E-state index contributed by atoms with van der Waals surface area (Å²) in [5.41, 5.74) is 2.54. The van der Waals surface area contributed by atoms with Gasteiger partial charge in [0.05, 0.1) is 23.8 Å². The van der Waals surface area contributed by atoms with Crippen molar-refractivity contribution in [3.05, 3.63) is 30.2 Å². The Hall–Kier alpha value is -2.37. The summed E-state index contributed by atoms with van der Waals surface area (Å²) in [6.45, 7) is 5.72. The maximum absolute atomic E-state index is 9.82. The van der Waals surface area contributed by atoms with Crippen molar-refractivity contribution in [2.75, 3.05) is 14.1 Å². The zero-order chi connectivity index (χ0) is 13.3. The molecule has 0 bridgehead atoms. The molecule has 6 heteroatoms. The van der Waals surface area contributed by atoms with Gasteiger partial charge in [0.15, 0.2) is 0 Å². The van der Waals surface area contributed by atoms with Gasteiger partial charge in [-0.1, -0.05) is 6.58 Å². The molecule has 2 aromatic rings. The first-order chi connectivity index (χ1) is 8.47. The van der Waals surface area contributed by atoms with E-state index in [-0.39, 0.29) is 5.88 Å². The Labute approximate surface area is 105 Å². The third kappa shape index (κ3) is 2.32. The molecule has 6 nitrogen and oxygen atoms in total. The lowest BCUT2D eigenvalue weighted by Crippen LogP contribution is -2.03. The Morgan fingerprint density at radius 1 is 1.56 bits per heavy atom. The molecule has 1 N–H and O–H groups in total. The lowest BCUT2D eigenvalue weighted by molar-refractivity contribution is 0.441. The highest BCUT2D eigenvalue weighted by Gasteiger charge is 2.08. The van der Waals surface area contributed by atoms with Crippen molar-refractivity contribution in [2.24, 2.45) is 5.10 Å². The highest BCUT2D eigenvalue weighted by atomic mass is 16.3. The van der Waals surface area contributed by atoms with Crippen LogP contribution in [-0.4, -0.2) is 45.0 Å². The third-order valence-corrected chi connectivity index (χ3v) is 2.33. The molecule has 0 aromatic carbocycles. The average molecular weight is 245 g/mol. The maximum atomic E-state index is 9.82. The zero-order valence-corrected chi connectivity index (χ0v) is 10.6. The molecule has 0 fully saturated rings. The van der Waals surface area contributed by atoms with Crippen molar-refractivity contribution in [1.82, 2.24) is 19.6 Å². The van der Waals surface area contributed by atoms with Gasteiger partial charge in [-0.25, -0.2) is 9.50 Å². The Balaban J connectivity index is 2.43. The lowest BCUT2D eigenvalue weighted by Gasteiger charge is -2.05. The zero-order valence-electron chi connectivity index (χ0n) is 10.6. The first-order valence-electron chi connectivity index (χ1n) is 5.44. The molecule has 0 amide bonds. The van der Waals surface area contributed by atoms with Crippen LogP contribution in [0.15, 0.2) is 23.9 Å². The smallest absolute Gasteiger partial charge is 0.238 e. The fourth-order valence-electron chi connectivity index (χ4n) is 1.50. The second kappa shape index (κ2) is 4.48. The number of rotatable bonds is 3. The van der Waals surface area contributed by atoms with Gasteiger partial charge in [-0.3, -0.25) is 0 Å². The molecule has 0 saturated carbocycles. The molecule has 0 aliphatic rings. The minimum absolute atomic E-state index is 0.0625. The second-order valence-electron chi connectivity index (χ2n) is 4.18. The summed E-state index contributed by atoms with van der Waals surface area (Å²) < 4.78 is 1.58. The number of nitrogens with zero attached hydrogens (tertiary/aromatic N) is 5. The van der Waals surface area contributed by atoms with Crippen molar-refractivity contribution < 1.29 is 5.11 Å². The minimum Gasteiger partial charge on any atom is -0.492 e. The minimum atomic E-state index is -0.0625. The van der Waals surface area contributed by atoms with E-state index in [9.17, 15) is 5.11 Å². The van der Waals surface area contributed by atoms with Crippen LogP contribution in [0.4, 0.5) is 0 Å². The largest absolute Gasteiger partial charge is 0.492 e. The average Bonchev–Trinajstić information content (AvgIpc) is 2.67. The van der Waals surface area contributed by atoms with Gasteiger partial charge < -0.3 is 10.1 Å². The van der Waals surface area contributed by atoms with E-state index in [0.29, 0.717) is 16.8 Å². The fourth-order valence-corrected chi connectivity index (χ4v) is 1.50. The molecule has 18 heavy (non-hydrogen) atoms. The monoisotopic (exact) mass is 245 g/mol. The molecular weight excluding hydrogens is 230 g/mol. The number of fused-ring (bicyclic) bond motifs is 1. The molecule has 0 aliphatic heterocycles. The number of hydrazone groups is 1. The topological polar surface area (TPSA) is 66.0 Å². The molecule has 0 atom stereocenters. The summed E-state index contributed by atoms with van der Waals surface area (Å²) >= 11 is 0. The Kier molecular flexibility index (Phi) is 3.01. The fraction of sp³-hybridized carbons (Fsp3) is 0.250. The second-order valence-corrected chi connectivity index (χ2v) is 4.18. The first kappa shape index (κ1) is 12.1. The van der Waals surface area contributed by atoms with Gasteiger partial charge in [-0.05, 0) is 13.0 Å². The maximum Gasteiger partial charge on any atom is 0.238 e. The van der Waals surface area contributed by atoms with Gasteiger partial charge in [0, 0.05) is 19.7 Å². The highest BCUT2D eigenvalue weighted by Crippen LogP contribution is 2.19. The molecule has 0 unspecified atom stereocenters. The summed E-state index contributed by atoms with van der Waals surface area (Å²) in [6, 6.07) is 1.77. The number of aromatic nitrogens is 3. The van der Waals surface area contributed by atoms with Crippen molar-refractivity contribution in [2.45, 2.75) is 6.92 Å². The van der Waals surface area contributed by atoms with Crippen LogP contribution in [0.2, 0.25) is 0 Å². The predicted octanol–water partition coefficient (Wildman–Crippen LogP) is 1.30. The van der Waals surface area contributed by atoms with Crippen LogP contribution in [-0.2, 0) is 0 Å². The van der Waals surface area contributed by atoms with Crippen LogP contribution in [0.5, 0.6) is 5.88 Å². The molecule has 0 aliphatic carbocycles. The molecule has 2 aromatic heterocycles. The van der Waals surface area contributed by atoms with E-state index in [0.717, 1.165) is 5.69 Å². The molecule has 2 heterocycles. The van der Waals surface area contributed by atoms with Gasteiger partial charge in [0.1, 0.15) is 5.52 Å². The van der Waals surface area contributed by atoms with Crippen LogP contribution in [0.25, 0.3) is 11.1 Å². The molecule has 2 rings (SSSR count). The molecule has 94 valence electrons. The van der Waals surface area contributed by atoms with Gasteiger partial charge >= 0.3 is 0 Å². The summed E-state index contributed by atoms with van der Waals surface area (Å²) in [5.74, 6) is -0.0625. The Morgan fingerprint density at radius 3 is 2.94 bits per heavy atom. The van der Waals surface area contributed by atoms with E-state index in [4.69, 9.17) is 0 Å². The molecule has 0 spiro atoms. The van der Waals surface area contributed by atoms with Crippen LogP contribution in [0, 0.1) is 6.92 Å². The summed E-state index contributed by atoms with van der Waals surface area (Å²) in [6.07, 6.45) is 3.30. The van der Waals surface area contributed by atoms with Crippen molar-refractivity contribution in [1.29, 1.82) is 0 Å². The van der Waals surface area contributed by atoms with E-state index < -0.39 is 0 Å². The van der Waals surface area contributed by atoms with E-state index in [1.54, 1.807) is 28.0 Å². The number of hydrogen-bond donors (Lipinski definition) is 1. The van der Waals surface area contributed by atoms with Gasteiger partial charge in [0.2, 0.25) is 5.88 Å². The van der Waals surface area contributed by atoms with E-state index in [2.05, 4.69) is 21.8 Å². The molecular formula is C12H15N5O. The molecule has 0 saturated heterocycles.